The molecule has 1 aromatic carbocycles. The highest BCUT2D eigenvalue weighted by atomic mass is 16.3. The number of hydrogen-bond donors (Lipinski definition) is 2. The molecule has 4 aromatic rings. The number of nitrogens with zero attached hydrogens (tertiary/aromatic N) is 2. The van der Waals surface area contributed by atoms with Crippen molar-refractivity contribution in [1.82, 2.24) is 20.0 Å². The summed E-state index contributed by atoms with van der Waals surface area (Å²) in [6.07, 6.45) is 5.55. The second-order valence-electron chi connectivity index (χ2n) is 6.61. The zero-order valence-electron chi connectivity index (χ0n) is 15.6. The van der Waals surface area contributed by atoms with E-state index in [1.54, 1.807) is 12.1 Å². The zero-order chi connectivity index (χ0) is 20.1. The molecule has 146 valence electrons. The van der Waals surface area contributed by atoms with Gasteiger partial charge in [-0.1, -0.05) is 36.4 Å². The Hall–Kier alpha value is -3.87. The molecule has 29 heavy (non-hydrogen) atoms. The van der Waals surface area contributed by atoms with E-state index in [1.807, 2.05) is 65.3 Å². The fourth-order valence-corrected chi connectivity index (χ4v) is 3.07. The molecule has 1 atom stereocenters. The second kappa shape index (κ2) is 8.43. The molecule has 0 aliphatic rings. The van der Waals surface area contributed by atoms with E-state index in [-0.39, 0.29) is 18.2 Å². The third-order valence-corrected chi connectivity index (χ3v) is 4.51. The lowest BCUT2D eigenvalue weighted by Crippen LogP contribution is -2.47. The molecule has 0 saturated carbocycles. The maximum atomic E-state index is 12.9. The molecule has 0 saturated heterocycles. The van der Waals surface area contributed by atoms with Crippen LogP contribution in [0.25, 0.3) is 5.65 Å². The van der Waals surface area contributed by atoms with Gasteiger partial charge in [-0.2, -0.15) is 0 Å². The Labute approximate surface area is 167 Å². The van der Waals surface area contributed by atoms with Gasteiger partial charge in [-0.05, 0) is 29.8 Å². The summed E-state index contributed by atoms with van der Waals surface area (Å²) < 4.78 is 7.02. The number of carbonyl (C=O) groups is 2. The standard InChI is InChI=1S/C22H20N4O3/c27-21(23-14-17-15-26-11-5-4-10-20(26)24-17)18(13-16-7-2-1-3-8-16)25-22(28)19-9-6-12-29-19/h1-12,15,18H,13-14H2,(H,23,27)(H,25,28)/t18-/m0/s1. The Balaban J connectivity index is 1.46. The summed E-state index contributed by atoms with van der Waals surface area (Å²) in [6.45, 7) is 0.266. The van der Waals surface area contributed by atoms with Crippen LogP contribution in [0.15, 0.2) is 83.7 Å². The highest BCUT2D eigenvalue weighted by Crippen LogP contribution is 2.08. The summed E-state index contributed by atoms with van der Waals surface area (Å²) in [4.78, 5) is 29.7. The maximum Gasteiger partial charge on any atom is 0.287 e. The van der Waals surface area contributed by atoms with Crippen LogP contribution in [-0.2, 0) is 17.8 Å². The monoisotopic (exact) mass is 388 g/mol. The van der Waals surface area contributed by atoms with Gasteiger partial charge in [-0.25, -0.2) is 4.98 Å². The summed E-state index contributed by atoms with van der Waals surface area (Å²) in [5.74, 6) is -0.555. The van der Waals surface area contributed by atoms with Crippen molar-refractivity contribution in [3.63, 3.8) is 0 Å². The van der Waals surface area contributed by atoms with E-state index in [0.717, 1.165) is 16.9 Å². The minimum absolute atomic E-state index is 0.163. The summed E-state index contributed by atoms with van der Waals surface area (Å²) in [7, 11) is 0. The van der Waals surface area contributed by atoms with Crippen molar-refractivity contribution in [2.45, 2.75) is 19.0 Å². The van der Waals surface area contributed by atoms with Crippen LogP contribution in [0.4, 0.5) is 0 Å². The molecule has 3 aromatic heterocycles. The molecular weight excluding hydrogens is 368 g/mol. The third kappa shape index (κ3) is 4.52. The lowest BCUT2D eigenvalue weighted by molar-refractivity contribution is -0.123. The molecule has 0 radical (unpaired) electrons. The Morgan fingerprint density at radius 1 is 1.03 bits per heavy atom. The highest BCUT2D eigenvalue weighted by molar-refractivity contribution is 5.95. The van der Waals surface area contributed by atoms with Gasteiger partial charge in [0.25, 0.3) is 5.91 Å². The van der Waals surface area contributed by atoms with Crippen LogP contribution in [-0.4, -0.2) is 27.2 Å². The Kier molecular flexibility index (Phi) is 5.38. The number of nitrogens with one attached hydrogen (secondary N) is 2. The Morgan fingerprint density at radius 2 is 1.86 bits per heavy atom. The first-order chi connectivity index (χ1) is 14.2. The minimum Gasteiger partial charge on any atom is -0.459 e. The quantitative estimate of drug-likeness (QED) is 0.509. The number of carbonyl (C=O) groups excluding carboxylic acids is 2. The van der Waals surface area contributed by atoms with Crippen LogP contribution in [0, 0.1) is 0 Å². The van der Waals surface area contributed by atoms with Gasteiger partial charge in [0, 0.05) is 18.8 Å². The van der Waals surface area contributed by atoms with Gasteiger partial charge in [0.15, 0.2) is 5.76 Å². The second-order valence-corrected chi connectivity index (χ2v) is 6.61. The first kappa shape index (κ1) is 18.5. The first-order valence-electron chi connectivity index (χ1n) is 9.27. The van der Waals surface area contributed by atoms with Gasteiger partial charge < -0.3 is 19.5 Å². The number of benzene rings is 1. The van der Waals surface area contributed by atoms with Crippen molar-refractivity contribution in [3.8, 4) is 0 Å². The predicted octanol–water partition coefficient (Wildman–Crippen LogP) is 2.58. The molecule has 0 aliphatic carbocycles. The van der Waals surface area contributed by atoms with Crippen molar-refractivity contribution in [2.24, 2.45) is 0 Å². The van der Waals surface area contributed by atoms with Crippen LogP contribution in [0.2, 0.25) is 0 Å². The van der Waals surface area contributed by atoms with E-state index in [9.17, 15) is 9.59 Å². The molecule has 0 fully saturated rings. The largest absolute Gasteiger partial charge is 0.459 e. The summed E-state index contributed by atoms with van der Waals surface area (Å²) >= 11 is 0. The molecule has 0 spiro atoms. The van der Waals surface area contributed by atoms with E-state index in [2.05, 4.69) is 15.6 Å². The fourth-order valence-electron chi connectivity index (χ4n) is 3.07. The number of rotatable bonds is 7. The van der Waals surface area contributed by atoms with E-state index in [0.29, 0.717) is 6.42 Å². The molecule has 3 heterocycles. The van der Waals surface area contributed by atoms with Gasteiger partial charge in [0.05, 0.1) is 18.5 Å². The average Bonchev–Trinajstić information content (AvgIpc) is 3.42. The average molecular weight is 388 g/mol. The number of hydrogen-bond acceptors (Lipinski definition) is 4. The summed E-state index contributed by atoms with van der Waals surface area (Å²) in [5, 5.41) is 5.63. The van der Waals surface area contributed by atoms with Gasteiger partial charge in [-0.3, -0.25) is 9.59 Å². The lowest BCUT2D eigenvalue weighted by atomic mass is 10.0. The smallest absolute Gasteiger partial charge is 0.287 e. The van der Waals surface area contributed by atoms with Crippen molar-refractivity contribution >= 4 is 17.5 Å². The maximum absolute atomic E-state index is 12.9. The molecule has 0 aliphatic heterocycles. The molecule has 2 amide bonds. The third-order valence-electron chi connectivity index (χ3n) is 4.51. The number of furan rings is 1. The number of aromatic nitrogens is 2. The molecule has 4 rings (SSSR count). The van der Waals surface area contributed by atoms with Gasteiger partial charge in [0.1, 0.15) is 11.7 Å². The van der Waals surface area contributed by atoms with Crippen LogP contribution in [0.5, 0.6) is 0 Å². The van der Waals surface area contributed by atoms with Crippen molar-refractivity contribution in [3.05, 3.63) is 96.3 Å². The first-order valence-corrected chi connectivity index (χ1v) is 9.27. The van der Waals surface area contributed by atoms with E-state index in [1.165, 1.54) is 6.26 Å². The van der Waals surface area contributed by atoms with Crippen molar-refractivity contribution < 1.29 is 14.0 Å². The molecule has 7 heteroatoms. The van der Waals surface area contributed by atoms with E-state index in [4.69, 9.17) is 4.42 Å². The number of imidazole rings is 1. The SMILES string of the molecule is O=C(N[C@@H](Cc1ccccc1)C(=O)NCc1cn2ccccc2n1)c1ccco1. The van der Waals surface area contributed by atoms with Crippen LogP contribution in [0.1, 0.15) is 21.8 Å². The normalized spacial score (nSPS) is 11.9. The zero-order valence-corrected chi connectivity index (χ0v) is 15.6. The van der Waals surface area contributed by atoms with Gasteiger partial charge >= 0.3 is 0 Å². The number of pyridine rings is 1. The minimum atomic E-state index is -0.743. The van der Waals surface area contributed by atoms with Crippen molar-refractivity contribution in [1.29, 1.82) is 0 Å². The molecule has 0 bridgehead atoms. The highest BCUT2D eigenvalue weighted by Gasteiger charge is 2.23. The van der Waals surface area contributed by atoms with E-state index < -0.39 is 11.9 Å². The lowest BCUT2D eigenvalue weighted by Gasteiger charge is -2.18. The number of amides is 2. The molecular formula is C22H20N4O3. The van der Waals surface area contributed by atoms with Crippen molar-refractivity contribution in [2.75, 3.05) is 0 Å². The van der Waals surface area contributed by atoms with E-state index >= 15 is 0 Å². The summed E-state index contributed by atoms with van der Waals surface area (Å²) in [6, 6.07) is 17.7. The number of fused-ring (bicyclic) bond motifs is 1. The predicted molar refractivity (Wildman–Crippen MR) is 107 cm³/mol. The summed E-state index contributed by atoms with van der Waals surface area (Å²) in [5.41, 5.74) is 2.49. The Morgan fingerprint density at radius 3 is 2.62 bits per heavy atom. The van der Waals surface area contributed by atoms with Crippen LogP contribution < -0.4 is 10.6 Å². The Bertz CT molecular complexity index is 1070. The molecule has 7 nitrogen and oxygen atoms in total. The van der Waals surface area contributed by atoms with Crippen LogP contribution in [0.3, 0.4) is 0 Å². The molecule has 2 N–H and O–H groups in total. The topological polar surface area (TPSA) is 88.6 Å². The van der Waals surface area contributed by atoms with Crippen LogP contribution >= 0.6 is 0 Å². The van der Waals surface area contributed by atoms with Gasteiger partial charge in [0.2, 0.25) is 5.91 Å². The van der Waals surface area contributed by atoms with Gasteiger partial charge in [-0.15, -0.1) is 0 Å². The molecule has 0 unspecified atom stereocenters. The fraction of sp³-hybridized carbons (Fsp3) is 0.136.